The second kappa shape index (κ2) is 6.65. The van der Waals surface area contributed by atoms with Crippen molar-refractivity contribution in [3.8, 4) is 0 Å². The molecule has 1 aromatic heterocycles. The van der Waals surface area contributed by atoms with Crippen LogP contribution in [0.2, 0.25) is 5.02 Å². The molecule has 1 heterocycles. The first-order chi connectivity index (χ1) is 9.49. The summed E-state index contributed by atoms with van der Waals surface area (Å²) in [6.07, 6.45) is -2.23. The summed E-state index contributed by atoms with van der Waals surface area (Å²) in [4.78, 5) is 11.6. The van der Waals surface area contributed by atoms with Crippen LogP contribution in [0.1, 0.15) is 6.42 Å². The zero-order chi connectivity index (χ0) is 16.3. The lowest BCUT2D eigenvalue weighted by molar-refractivity contribution is -0.143. The number of nitrogens with zero attached hydrogens (tertiary/aromatic N) is 2. The van der Waals surface area contributed by atoms with Gasteiger partial charge in [0.2, 0.25) is 0 Å². The number of hydrogen-bond donors (Lipinski definition) is 1. The number of hydrogen-bond acceptors (Lipinski definition) is 5. The molecule has 0 unspecified atom stereocenters. The highest BCUT2D eigenvalue weighted by molar-refractivity contribution is 7.90. The Bertz CT molecular complexity index is 658. The largest absolute Gasteiger partial charge is 0.408 e. The Hall–Kier alpha value is -1.29. The third-order valence-electron chi connectivity index (χ3n) is 2.32. The van der Waals surface area contributed by atoms with Crippen molar-refractivity contribution in [3.63, 3.8) is 0 Å². The van der Waals surface area contributed by atoms with Gasteiger partial charge in [0.1, 0.15) is 21.4 Å². The number of anilines is 1. The van der Waals surface area contributed by atoms with Gasteiger partial charge in [0, 0.05) is 12.8 Å². The summed E-state index contributed by atoms with van der Waals surface area (Å²) in [7, 11) is -3.10. The van der Waals surface area contributed by atoms with Gasteiger partial charge in [-0.1, -0.05) is 11.6 Å². The summed E-state index contributed by atoms with van der Waals surface area (Å²) in [6.45, 7) is -1.34. The first-order valence-electron chi connectivity index (χ1n) is 5.73. The van der Waals surface area contributed by atoms with Crippen molar-refractivity contribution in [1.29, 1.82) is 0 Å². The Labute approximate surface area is 123 Å². The Kier molecular flexibility index (Phi) is 5.62. The Morgan fingerprint density at radius 3 is 2.57 bits per heavy atom. The van der Waals surface area contributed by atoms with Gasteiger partial charge in [0.15, 0.2) is 0 Å². The lowest BCUT2D eigenvalue weighted by Crippen LogP contribution is -2.31. The zero-order valence-corrected chi connectivity index (χ0v) is 12.5. The average molecular weight is 348 g/mol. The molecular formula is C10H13ClF3N3O3S. The fourth-order valence-corrected chi connectivity index (χ4v) is 2.31. The molecule has 120 valence electrons. The molecule has 1 N–H and O–H groups in total. The Balaban J connectivity index is 2.74. The molecule has 0 fully saturated rings. The normalized spacial score (nSPS) is 12.4. The van der Waals surface area contributed by atoms with E-state index >= 15 is 0 Å². The third-order valence-corrected chi connectivity index (χ3v) is 3.72. The van der Waals surface area contributed by atoms with Crippen molar-refractivity contribution >= 4 is 27.1 Å². The minimum Gasteiger partial charge on any atom is -0.382 e. The van der Waals surface area contributed by atoms with Gasteiger partial charge in [0.25, 0.3) is 5.56 Å². The van der Waals surface area contributed by atoms with E-state index in [4.69, 9.17) is 11.6 Å². The molecule has 0 aliphatic carbocycles. The van der Waals surface area contributed by atoms with Gasteiger partial charge in [-0.25, -0.2) is 13.1 Å². The Morgan fingerprint density at radius 2 is 2.05 bits per heavy atom. The first kappa shape index (κ1) is 17.8. The van der Waals surface area contributed by atoms with Gasteiger partial charge in [-0.05, 0) is 6.42 Å². The van der Waals surface area contributed by atoms with Gasteiger partial charge >= 0.3 is 6.18 Å². The molecule has 0 spiro atoms. The van der Waals surface area contributed by atoms with Crippen molar-refractivity contribution in [2.24, 2.45) is 0 Å². The summed E-state index contributed by atoms with van der Waals surface area (Å²) in [6, 6.07) is 0. The molecule has 0 radical (unpaired) electrons. The van der Waals surface area contributed by atoms with Gasteiger partial charge in [-0.3, -0.25) is 4.79 Å². The maximum atomic E-state index is 12.2. The number of sulfone groups is 1. The van der Waals surface area contributed by atoms with Crippen molar-refractivity contribution in [1.82, 2.24) is 9.78 Å². The van der Waals surface area contributed by atoms with Crippen LogP contribution in [-0.2, 0) is 16.4 Å². The lowest BCUT2D eigenvalue weighted by atomic mass is 10.4. The van der Waals surface area contributed by atoms with Crippen molar-refractivity contribution in [2.75, 3.05) is 23.9 Å². The van der Waals surface area contributed by atoms with E-state index in [0.29, 0.717) is 0 Å². The van der Waals surface area contributed by atoms with E-state index in [-0.39, 0.29) is 29.1 Å². The maximum Gasteiger partial charge on any atom is 0.408 e. The molecule has 11 heteroatoms. The first-order valence-corrected chi connectivity index (χ1v) is 8.17. The van der Waals surface area contributed by atoms with Crippen LogP contribution in [-0.4, -0.2) is 42.9 Å². The fraction of sp³-hybridized carbons (Fsp3) is 0.600. The number of rotatable bonds is 6. The van der Waals surface area contributed by atoms with Gasteiger partial charge in [-0.2, -0.15) is 18.3 Å². The zero-order valence-electron chi connectivity index (χ0n) is 10.9. The monoisotopic (exact) mass is 347 g/mol. The highest BCUT2D eigenvalue weighted by Crippen LogP contribution is 2.19. The maximum absolute atomic E-state index is 12.2. The molecule has 0 aliphatic rings. The molecule has 21 heavy (non-hydrogen) atoms. The molecule has 0 atom stereocenters. The van der Waals surface area contributed by atoms with Crippen LogP contribution in [0.3, 0.4) is 0 Å². The lowest BCUT2D eigenvalue weighted by Gasteiger charge is -2.11. The SMILES string of the molecule is CS(=O)(=O)CCCNc1cnn(CC(F)(F)F)c(=O)c1Cl. The molecule has 0 aromatic carbocycles. The third kappa shape index (κ3) is 6.34. The van der Waals surface area contributed by atoms with Gasteiger partial charge in [-0.15, -0.1) is 0 Å². The van der Waals surface area contributed by atoms with Crippen molar-refractivity contribution < 1.29 is 21.6 Å². The summed E-state index contributed by atoms with van der Waals surface area (Å²) in [5.41, 5.74) is -1.00. The number of halogens is 4. The van der Waals surface area contributed by atoms with Crippen LogP contribution < -0.4 is 10.9 Å². The smallest absolute Gasteiger partial charge is 0.382 e. The highest BCUT2D eigenvalue weighted by atomic mass is 35.5. The topological polar surface area (TPSA) is 81.1 Å². The molecule has 0 aliphatic heterocycles. The van der Waals surface area contributed by atoms with E-state index in [1.54, 1.807) is 0 Å². The molecule has 6 nitrogen and oxygen atoms in total. The van der Waals surface area contributed by atoms with Crippen LogP contribution in [0.5, 0.6) is 0 Å². The van der Waals surface area contributed by atoms with Crippen LogP contribution >= 0.6 is 11.6 Å². The second-order valence-electron chi connectivity index (χ2n) is 4.36. The molecule has 0 saturated heterocycles. The predicted molar refractivity (Wildman–Crippen MR) is 72.4 cm³/mol. The van der Waals surface area contributed by atoms with Crippen LogP contribution in [0, 0.1) is 0 Å². The molecular weight excluding hydrogens is 335 g/mol. The molecule has 1 aromatic rings. The quantitative estimate of drug-likeness (QED) is 0.785. The number of alkyl halides is 3. The van der Waals surface area contributed by atoms with E-state index in [1.165, 1.54) is 0 Å². The summed E-state index contributed by atoms with van der Waals surface area (Å²) in [5, 5.41) is 5.61. The van der Waals surface area contributed by atoms with E-state index < -0.39 is 33.1 Å². The summed E-state index contributed by atoms with van der Waals surface area (Å²) >= 11 is 5.67. The highest BCUT2D eigenvalue weighted by Gasteiger charge is 2.29. The molecule has 1 rings (SSSR count). The summed E-state index contributed by atoms with van der Waals surface area (Å²) in [5.74, 6) is -0.0593. The van der Waals surface area contributed by atoms with E-state index in [2.05, 4.69) is 10.4 Å². The second-order valence-corrected chi connectivity index (χ2v) is 7.00. The van der Waals surface area contributed by atoms with Gasteiger partial charge < -0.3 is 5.32 Å². The predicted octanol–water partition coefficient (Wildman–Crippen LogP) is 1.31. The van der Waals surface area contributed by atoms with Crippen LogP contribution in [0.4, 0.5) is 18.9 Å². The van der Waals surface area contributed by atoms with Crippen molar-refractivity contribution in [2.45, 2.75) is 19.1 Å². The standard InChI is InChI=1S/C10H13ClF3N3O3S/c1-21(19,20)4-2-3-15-7-5-16-17(6-10(12,13)14)9(18)8(7)11/h5,15H,2-4,6H2,1H3. The van der Waals surface area contributed by atoms with Crippen LogP contribution in [0.25, 0.3) is 0 Å². The minimum atomic E-state index is -4.58. The van der Waals surface area contributed by atoms with E-state index in [9.17, 15) is 26.4 Å². The van der Waals surface area contributed by atoms with E-state index in [1.807, 2.05) is 0 Å². The van der Waals surface area contributed by atoms with E-state index in [0.717, 1.165) is 12.5 Å². The number of aromatic nitrogens is 2. The van der Waals surface area contributed by atoms with Gasteiger partial charge in [0.05, 0.1) is 17.6 Å². The number of nitrogens with one attached hydrogen (secondary N) is 1. The van der Waals surface area contributed by atoms with Crippen LogP contribution in [0.15, 0.2) is 11.0 Å². The Morgan fingerprint density at radius 1 is 1.43 bits per heavy atom. The van der Waals surface area contributed by atoms with Crippen molar-refractivity contribution in [3.05, 3.63) is 21.6 Å². The average Bonchev–Trinajstić information content (AvgIpc) is 2.30. The molecule has 0 bridgehead atoms. The summed E-state index contributed by atoms with van der Waals surface area (Å²) < 4.78 is 58.6. The minimum absolute atomic E-state index is 0.0593. The fourth-order valence-electron chi connectivity index (χ4n) is 1.43. The molecule has 0 saturated carbocycles. The molecule has 0 amide bonds.